The molecule has 0 aliphatic heterocycles. The summed E-state index contributed by atoms with van der Waals surface area (Å²) >= 11 is 0. The molecule has 0 aliphatic carbocycles. The first-order chi connectivity index (χ1) is 7.59. The lowest BCUT2D eigenvalue weighted by atomic mass is 10.3. The van der Waals surface area contributed by atoms with E-state index in [2.05, 4.69) is 10.4 Å². The Morgan fingerprint density at radius 3 is 2.88 bits per heavy atom. The van der Waals surface area contributed by atoms with Crippen molar-refractivity contribution >= 4 is 17.4 Å². The highest BCUT2D eigenvalue weighted by Gasteiger charge is 2.14. The summed E-state index contributed by atoms with van der Waals surface area (Å²) in [4.78, 5) is 11.7. The third-order valence-electron chi connectivity index (χ3n) is 2.28. The van der Waals surface area contributed by atoms with Crippen molar-refractivity contribution in [2.75, 3.05) is 11.1 Å². The van der Waals surface area contributed by atoms with Crippen molar-refractivity contribution in [1.29, 1.82) is 0 Å². The van der Waals surface area contributed by atoms with E-state index in [-0.39, 0.29) is 5.91 Å². The fourth-order valence-electron chi connectivity index (χ4n) is 1.40. The molecule has 0 aromatic carbocycles. The summed E-state index contributed by atoms with van der Waals surface area (Å²) in [6.45, 7) is 1.78. The van der Waals surface area contributed by atoms with Crippen molar-refractivity contribution in [2.45, 2.75) is 6.92 Å². The van der Waals surface area contributed by atoms with Crippen molar-refractivity contribution < 1.29 is 9.21 Å². The molecular formula is C10H12N4O2. The fraction of sp³-hybridized carbons (Fsp3) is 0.200. The first-order valence-electron chi connectivity index (χ1n) is 4.72. The van der Waals surface area contributed by atoms with Gasteiger partial charge in [-0.05, 0) is 13.0 Å². The molecule has 84 valence electrons. The second-order valence-electron chi connectivity index (χ2n) is 3.44. The Balaban J connectivity index is 2.25. The van der Waals surface area contributed by atoms with Crippen LogP contribution in [0.1, 0.15) is 16.1 Å². The van der Waals surface area contributed by atoms with Crippen LogP contribution in [0.3, 0.4) is 0 Å². The Morgan fingerprint density at radius 1 is 1.62 bits per heavy atom. The number of carbonyl (C=O) groups excluding carboxylic acids is 1. The van der Waals surface area contributed by atoms with Gasteiger partial charge in [-0.2, -0.15) is 5.10 Å². The van der Waals surface area contributed by atoms with Crippen LogP contribution >= 0.6 is 0 Å². The molecule has 3 N–H and O–H groups in total. The van der Waals surface area contributed by atoms with E-state index in [4.69, 9.17) is 10.2 Å². The summed E-state index contributed by atoms with van der Waals surface area (Å²) in [5.41, 5.74) is 7.38. The first-order valence-corrected chi connectivity index (χ1v) is 4.72. The van der Waals surface area contributed by atoms with Crippen LogP contribution in [0, 0.1) is 6.92 Å². The van der Waals surface area contributed by atoms with Crippen LogP contribution in [0.4, 0.5) is 11.5 Å². The van der Waals surface area contributed by atoms with Crippen LogP contribution in [-0.2, 0) is 7.05 Å². The van der Waals surface area contributed by atoms with E-state index in [0.717, 1.165) is 0 Å². The van der Waals surface area contributed by atoms with Crippen molar-refractivity contribution in [3.63, 3.8) is 0 Å². The van der Waals surface area contributed by atoms with Gasteiger partial charge in [0.15, 0.2) is 5.82 Å². The molecule has 2 aromatic rings. The minimum absolute atomic E-state index is 0.275. The van der Waals surface area contributed by atoms with Gasteiger partial charge in [-0.25, -0.2) is 0 Å². The lowest BCUT2D eigenvalue weighted by Gasteiger charge is -2.04. The molecule has 0 bridgehead atoms. The van der Waals surface area contributed by atoms with Gasteiger partial charge in [0.2, 0.25) is 0 Å². The topological polar surface area (TPSA) is 86.1 Å². The molecule has 0 unspecified atom stereocenters. The summed E-state index contributed by atoms with van der Waals surface area (Å²) in [5, 5.41) is 6.78. The zero-order valence-electron chi connectivity index (χ0n) is 9.02. The quantitative estimate of drug-likeness (QED) is 0.795. The Bertz CT molecular complexity index is 513. The predicted octanol–water partition coefficient (Wildman–Crippen LogP) is 1.16. The van der Waals surface area contributed by atoms with Crippen molar-refractivity contribution in [1.82, 2.24) is 9.78 Å². The van der Waals surface area contributed by atoms with Gasteiger partial charge < -0.3 is 15.5 Å². The van der Waals surface area contributed by atoms with Gasteiger partial charge in [0, 0.05) is 7.05 Å². The average molecular weight is 220 g/mol. The highest BCUT2D eigenvalue weighted by atomic mass is 16.3. The molecule has 2 heterocycles. The molecular weight excluding hydrogens is 208 g/mol. The number of nitrogens with one attached hydrogen (secondary N) is 1. The molecule has 2 rings (SSSR count). The Morgan fingerprint density at radius 2 is 2.38 bits per heavy atom. The van der Waals surface area contributed by atoms with Gasteiger partial charge in [-0.3, -0.25) is 9.48 Å². The maximum Gasteiger partial charge on any atom is 0.260 e. The molecule has 0 aliphatic rings. The van der Waals surface area contributed by atoms with Crippen LogP contribution in [-0.4, -0.2) is 15.7 Å². The van der Waals surface area contributed by atoms with E-state index in [1.165, 1.54) is 17.2 Å². The number of hydrogen-bond acceptors (Lipinski definition) is 4. The molecule has 6 heteroatoms. The van der Waals surface area contributed by atoms with E-state index in [1.807, 2.05) is 0 Å². The molecule has 1 amide bonds. The number of aryl methyl sites for hydroxylation is 2. The second kappa shape index (κ2) is 3.73. The van der Waals surface area contributed by atoms with Crippen LogP contribution in [0.2, 0.25) is 0 Å². The number of nitrogen functional groups attached to an aromatic ring is 1. The summed E-state index contributed by atoms with van der Waals surface area (Å²) in [5.74, 6) is 0.215. The minimum atomic E-state index is -0.275. The third kappa shape index (κ3) is 1.65. The van der Waals surface area contributed by atoms with Gasteiger partial charge in [-0.1, -0.05) is 0 Å². The number of aromatic nitrogens is 2. The highest BCUT2D eigenvalue weighted by molar-refractivity contribution is 6.05. The van der Waals surface area contributed by atoms with E-state index >= 15 is 0 Å². The Labute approximate surface area is 92.0 Å². The summed E-state index contributed by atoms with van der Waals surface area (Å²) in [6.07, 6.45) is 2.81. The summed E-state index contributed by atoms with van der Waals surface area (Å²) < 4.78 is 6.35. The smallest absolute Gasteiger partial charge is 0.260 e. The molecule has 0 spiro atoms. The van der Waals surface area contributed by atoms with E-state index in [1.54, 1.807) is 20.0 Å². The molecule has 0 atom stereocenters. The van der Waals surface area contributed by atoms with Gasteiger partial charge >= 0.3 is 0 Å². The number of rotatable bonds is 2. The zero-order valence-corrected chi connectivity index (χ0v) is 9.02. The fourth-order valence-corrected chi connectivity index (χ4v) is 1.40. The maximum absolute atomic E-state index is 11.7. The molecule has 0 saturated carbocycles. The number of hydrogen-bond donors (Lipinski definition) is 2. The monoisotopic (exact) mass is 220 g/mol. The second-order valence-corrected chi connectivity index (χ2v) is 3.44. The van der Waals surface area contributed by atoms with Gasteiger partial charge in [-0.15, -0.1) is 0 Å². The summed E-state index contributed by atoms with van der Waals surface area (Å²) in [6, 6.07) is 1.58. The van der Waals surface area contributed by atoms with Crippen LogP contribution < -0.4 is 11.1 Å². The Kier molecular flexibility index (Phi) is 2.40. The molecule has 16 heavy (non-hydrogen) atoms. The molecule has 0 saturated heterocycles. The van der Waals surface area contributed by atoms with E-state index in [0.29, 0.717) is 22.8 Å². The largest absolute Gasteiger partial charge is 0.472 e. The number of nitrogens with two attached hydrogens (primary N) is 1. The third-order valence-corrected chi connectivity index (χ3v) is 2.28. The van der Waals surface area contributed by atoms with E-state index < -0.39 is 0 Å². The van der Waals surface area contributed by atoms with Crippen LogP contribution in [0.15, 0.2) is 23.0 Å². The van der Waals surface area contributed by atoms with Gasteiger partial charge in [0.1, 0.15) is 6.26 Å². The first kappa shape index (κ1) is 10.3. The standard InChI is InChI=1S/C10H12N4O2/c1-6-8(11)9(14(2)13-6)12-10(15)7-3-4-16-5-7/h3-5H,11H2,1-2H3,(H,12,15). The number of amides is 1. The zero-order chi connectivity index (χ0) is 11.7. The van der Waals surface area contributed by atoms with E-state index in [9.17, 15) is 4.79 Å². The van der Waals surface area contributed by atoms with Gasteiger partial charge in [0.05, 0.1) is 23.2 Å². The average Bonchev–Trinajstić information content (AvgIpc) is 2.83. The van der Waals surface area contributed by atoms with Crippen LogP contribution in [0.25, 0.3) is 0 Å². The number of carbonyl (C=O) groups is 1. The van der Waals surface area contributed by atoms with Crippen molar-refractivity contribution in [3.8, 4) is 0 Å². The number of anilines is 2. The number of nitrogens with zero attached hydrogens (tertiary/aromatic N) is 2. The summed E-state index contributed by atoms with van der Waals surface area (Å²) in [7, 11) is 1.72. The van der Waals surface area contributed by atoms with Crippen molar-refractivity contribution in [3.05, 3.63) is 29.9 Å². The lowest BCUT2D eigenvalue weighted by molar-refractivity contribution is 0.102. The van der Waals surface area contributed by atoms with Crippen LogP contribution in [0.5, 0.6) is 0 Å². The Hall–Kier alpha value is -2.24. The number of furan rings is 1. The maximum atomic E-state index is 11.7. The molecule has 2 aromatic heterocycles. The van der Waals surface area contributed by atoms with Gasteiger partial charge in [0.25, 0.3) is 5.91 Å². The highest BCUT2D eigenvalue weighted by Crippen LogP contribution is 2.21. The van der Waals surface area contributed by atoms with Crippen molar-refractivity contribution in [2.24, 2.45) is 7.05 Å². The normalized spacial score (nSPS) is 10.4. The predicted molar refractivity (Wildman–Crippen MR) is 59.0 cm³/mol. The molecule has 0 fully saturated rings. The lowest BCUT2D eigenvalue weighted by Crippen LogP contribution is -2.14. The SMILES string of the molecule is Cc1nn(C)c(NC(=O)c2ccoc2)c1N. The molecule has 6 nitrogen and oxygen atoms in total. The minimum Gasteiger partial charge on any atom is -0.472 e. The molecule has 0 radical (unpaired) electrons.